The Balaban J connectivity index is 1.80. The number of hydrogen-bond donors (Lipinski definition) is 1. The molecule has 0 spiro atoms. The SMILES string of the molecule is COC1=CCC23CCN(C)C2(C[C@H](O)c2cc4c(cc23)OCO4)C1=O. The highest BCUT2D eigenvalue weighted by Crippen LogP contribution is 2.62. The Kier molecular flexibility index (Phi) is 2.90. The van der Waals surface area contributed by atoms with Crippen molar-refractivity contribution >= 4 is 5.78 Å². The molecule has 5 rings (SSSR count). The third-order valence-corrected chi connectivity index (χ3v) is 6.68. The molecule has 25 heavy (non-hydrogen) atoms. The molecule has 0 amide bonds. The van der Waals surface area contributed by atoms with E-state index in [1.54, 1.807) is 0 Å². The van der Waals surface area contributed by atoms with Crippen LogP contribution in [0.15, 0.2) is 24.0 Å². The first-order valence-electron chi connectivity index (χ1n) is 8.66. The van der Waals surface area contributed by atoms with E-state index in [2.05, 4.69) is 4.90 Å². The Bertz CT molecular complexity index is 818. The third kappa shape index (κ3) is 1.60. The number of carbonyl (C=O) groups excluding carboxylic acids is 1. The van der Waals surface area contributed by atoms with E-state index in [9.17, 15) is 9.90 Å². The van der Waals surface area contributed by atoms with Crippen LogP contribution in [0.4, 0.5) is 0 Å². The number of hydrogen-bond acceptors (Lipinski definition) is 6. The number of aliphatic hydroxyl groups is 1. The number of likely N-dealkylation sites (N-methyl/N-ethyl adjacent to an activating group) is 1. The van der Waals surface area contributed by atoms with E-state index in [0.29, 0.717) is 30.1 Å². The number of nitrogens with zero attached hydrogens (tertiary/aromatic N) is 1. The minimum absolute atomic E-state index is 0.0244. The van der Waals surface area contributed by atoms with Crippen molar-refractivity contribution in [1.82, 2.24) is 4.90 Å². The number of fused-ring (bicyclic) bond motifs is 2. The monoisotopic (exact) mass is 343 g/mol. The quantitative estimate of drug-likeness (QED) is 0.837. The lowest BCUT2D eigenvalue weighted by Gasteiger charge is -2.54. The lowest BCUT2D eigenvalue weighted by atomic mass is 9.53. The fourth-order valence-corrected chi connectivity index (χ4v) is 5.47. The summed E-state index contributed by atoms with van der Waals surface area (Å²) in [7, 11) is 3.51. The highest BCUT2D eigenvalue weighted by atomic mass is 16.7. The van der Waals surface area contributed by atoms with Gasteiger partial charge in [-0.3, -0.25) is 9.69 Å². The Morgan fingerprint density at radius 1 is 1.32 bits per heavy atom. The van der Waals surface area contributed by atoms with Gasteiger partial charge in [-0.15, -0.1) is 0 Å². The van der Waals surface area contributed by atoms with Crippen molar-refractivity contribution in [3.8, 4) is 11.5 Å². The van der Waals surface area contributed by atoms with Gasteiger partial charge in [0.1, 0.15) is 5.54 Å². The minimum Gasteiger partial charge on any atom is -0.493 e. The molecule has 3 atom stereocenters. The minimum atomic E-state index is -0.771. The number of ether oxygens (including phenoxy) is 3. The van der Waals surface area contributed by atoms with Gasteiger partial charge in [0.15, 0.2) is 17.3 Å². The summed E-state index contributed by atoms with van der Waals surface area (Å²) in [4.78, 5) is 15.5. The molecular formula is C19H21NO5. The van der Waals surface area contributed by atoms with Crippen molar-refractivity contribution in [2.24, 2.45) is 0 Å². The van der Waals surface area contributed by atoms with Gasteiger partial charge >= 0.3 is 0 Å². The van der Waals surface area contributed by atoms with Crippen LogP contribution in [0, 0.1) is 0 Å². The maximum absolute atomic E-state index is 13.4. The van der Waals surface area contributed by atoms with Crippen molar-refractivity contribution < 1.29 is 24.1 Å². The molecule has 2 aliphatic carbocycles. The predicted molar refractivity (Wildman–Crippen MR) is 88.5 cm³/mol. The smallest absolute Gasteiger partial charge is 0.231 e. The molecule has 6 heteroatoms. The van der Waals surface area contributed by atoms with Crippen LogP contribution < -0.4 is 9.47 Å². The molecule has 1 aromatic carbocycles. The van der Waals surface area contributed by atoms with E-state index in [1.807, 2.05) is 25.3 Å². The molecule has 4 aliphatic rings. The number of likely N-dealkylation sites (tertiary alicyclic amines) is 1. The molecule has 1 saturated heterocycles. The summed E-state index contributed by atoms with van der Waals surface area (Å²) in [6, 6.07) is 3.87. The van der Waals surface area contributed by atoms with Crippen LogP contribution in [0.5, 0.6) is 11.5 Å². The average Bonchev–Trinajstić information content (AvgIpc) is 3.18. The molecular weight excluding hydrogens is 322 g/mol. The summed E-state index contributed by atoms with van der Waals surface area (Å²) < 4.78 is 16.4. The van der Waals surface area contributed by atoms with E-state index in [1.165, 1.54) is 7.11 Å². The molecule has 2 aliphatic heterocycles. The Morgan fingerprint density at radius 2 is 2.08 bits per heavy atom. The van der Waals surface area contributed by atoms with Gasteiger partial charge in [-0.25, -0.2) is 0 Å². The van der Waals surface area contributed by atoms with E-state index in [0.717, 1.165) is 24.1 Å². The number of aliphatic hydroxyl groups excluding tert-OH is 1. The first-order valence-corrected chi connectivity index (χ1v) is 8.66. The predicted octanol–water partition coefficient (Wildman–Crippen LogP) is 1.67. The molecule has 0 bridgehead atoms. The molecule has 2 heterocycles. The van der Waals surface area contributed by atoms with Gasteiger partial charge in [-0.2, -0.15) is 0 Å². The van der Waals surface area contributed by atoms with Gasteiger partial charge in [0.2, 0.25) is 12.6 Å². The largest absolute Gasteiger partial charge is 0.493 e. The lowest BCUT2D eigenvalue weighted by molar-refractivity contribution is -0.136. The van der Waals surface area contributed by atoms with Gasteiger partial charge in [-0.05, 0) is 55.8 Å². The number of methoxy groups -OCH3 is 1. The summed E-state index contributed by atoms with van der Waals surface area (Å²) in [5.41, 5.74) is 0.737. The van der Waals surface area contributed by atoms with Crippen molar-refractivity contribution in [2.45, 2.75) is 36.3 Å². The molecule has 1 aromatic rings. The first kappa shape index (κ1) is 15.2. The Labute approximate surface area is 146 Å². The first-order chi connectivity index (χ1) is 12.0. The zero-order valence-electron chi connectivity index (χ0n) is 14.4. The van der Waals surface area contributed by atoms with Crippen molar-refractivity contribution in [3.05, 3.63) is 35.1 Å². The molecule has 6 nitrogen and oxygen atoms in total. The van der Waals surface area contributed by atoms with Gasteiger partial charge in [0.25, 0.3) is 0 Å². The summed E-state index contributed by atoms with van der Waals surface area (Å²) in [5, 5.41) is 10.9. The highest BCUT2D eigenvalue weighted by Gasteiger charge is 2.68. The molecule has 0 radical (unpaired) electrons. The van der Waals surface area contributed by atoms with Gasteiger partial charge in [-0.1, -0.05) is 0 Å². The fraction of sp³-hybridized carbons (Fsp3) is 0.526. The second-order valence-corrected chi connectivity index (χ2v) is 7.43. The van der Waals surface area contributed by atoms with Crippen molar-refractivity contribution in [1.29, 1.82) is 0 Å². The number of ketones is 1. The van der Waals surface area contributed by atoms with E-state index >= 15 is 0 Å². The van der Waals surface area contributed by atoms with Gasteiger partial charge in [0, 0.05) is 11.8 Å². The van der Waals surface area contributed by atoms with E-state index in [4.69, 9.17) is 14.2 Å². The standard InChI is InChI=1S/C19H21NO5/c1-20-6-5-18-4-3-14(23-2)17(22)19(18,20)9-13(21)11-7-15-16(8-12(11)18)25-10-24-15/h3,7-8,13,21H,4-6,9-10H2,1-2H3/t13-,18?,19?/m0/s1. The highest BCUT2D eigenvalue weighted by molar-refractivity contribution is 6.04. The van der Waals surface area contributed by atoms with E-state index < -0.39 is 11.6 Å². The Hall–Kier alpha value is -2.05. The summed E-state index contributed by atoms with van der Waals surface area (Å²) in [6.07, 6.45) is 3.13. The zero-order valence-corrected chi connectivity index (χ0v) is 14.4. The van der Waals surface area contributed by atoms with Crippen molar-refractivity contribution in [3.63, 3.8) is 0 Å². The number of Topliss-reactive ketones (excluding diaryl/α,β-unsaturated/α-hetero) is 1. The van der Waals surface area contributed by atoms with Crippen LogP contribution in [-0.4, -0.2) is 48.8 Å². The van der Waals surface area contributed by atoms with Crippen LogP contribution in [-0.2, 0) is 14.9 Å². The van der Waals surface area contributed by atoms with Gasteiger partial charge in [0.05, 0.1) is 13.2 Å². The van der Waals surface area contributed by atoms with Crippen molar-refractivity contribution in [2.75, 3.05) is 27.5 Å². The summed E-state index contributed by atoms with van der Waals surface area (Å²) in [5.74, 6) is 1.74. The van der Waals surface area contributed by atoms with Crippen LogP contribution >= 0.6 is 0 Å². The Morgan fingerprint density at radius 3 is 2.84 bits per heavy atom. The molecule has 132 valence electrons. The molecule has 0 aromatic heterocycles. The lowest BCUT2D eigenvalue weighted by Crippen LogP contribution is -2.65. The second-order valence-electron chi connectivity index (χ2n) is 7.43. The fourth-order valence-electron chi connectivity index (χ4n) is 5.47. The number of carbonyl (C=O) groups is 1. The maximum Gasteiger partial charge on any atom is 0.231 e. The third-order valence-electron chi connectivity index (χ3n) is 6.68. The molecule has 2 unspecified atom stereocenters. The topological polar surface area (TPSA) is 68.2 Å². The molecule has 1 N–H and O–H groups in total. The summed E-state index contributed by atoms with van der Waals surface area (Å²) in [6.45, 7) is 0.996. The van der Waals surface area contributed by atoms with Crippen LogP contribution in [0.1, 0.15) is 36.5 Å². The van der Waals surface area contributed by atoms with Crippen LogP contribution in [0.3, 0.4) is 0 Å². The summed E-state index contributed by atoms with van der Waals surface area (Å²) >= 11 is 0. The second kappa shape index (κ2) is 4.77. The number of rotatable bonds is 1. The molecule has 1 fully saturated rings. The molecule has 0 saturated carbocycles. The zero-order chi connectivity index (χ0) is 17.4. The van der Waals surface area contributed by atoms with Crippen LogP contribution in [0.2, 0.25) is 0 Å². The van der Waals surface area contributed by atoms with Crippen LogP contribution in [0.25, 0.3) is 0 Å². The van der Waals surface area contributed by atoms with E-state index in [-0.39, 0.29) is 18.0 Å². The number of allylic oxidation sites excluding steroid dienone is 1. The van der Waals surface area contributed by atoms with Gasteiger partial charge < -0.3 is 19.3 Å². The maximum atomic E-state index is 13.4. The average molecular weight is 343 g/mol. The number of benzene rings is 1. The normalized spacial score (nSPS) is 35.7.